The lowest BCUT2D eigenvalue weighted by molar-refractivity contribution is 0.0930. The van der Waals surface area contributed by atoms with Crippen molar-refractivity contribution in [1.29, 1.82) is 0 Å². The van der Waals surface area contributed by atoms with E-state index in [1.807, 2.05) is 24.3 Å². The summed E-state index contributed by atoms with van der Waals surface area (Å²) < 4.78 is 1.17. The zero-order valence-corrected chi connectivity index (χ0v) is 12.8. The van der Waals surface area contributed by atoms with Crippen LogP contribution in [0.2, 0.25) is 0 Å². The Kier molecular flexibility index (Phi) is 5.02. The summed E-state index contributed by atoms with van der Waals surface area (Å²) in [6, 6.07) is 10.7. The molecule has 1 aliphatic carbocycles. The number of carbonyl (C=O) groups excluding carboxylic acids is 1. The Bertz CT molecular complexity index is 557. The lowest BCUT2D eigenvalue weighted by Crippen LogP contribution is -2.40. The summed E-state index contributed by atoms with van der Waals surface area (Å²) in [7, 11) is 0. The molecule has 5 heteroatoms. The molecule has 0 unspecified atom stereocenters. The average Bonchev–Trinajstić information content (AvgIpc) is 2.85. The molecule has 20 heavy (non-hydrogen) atoms. The first-order chi connectivity index (χ1) is 9.22. The van der Waals surface area contributed by atoms with Crippen molar-refractivity contribution >= 4 is 39.7 Å². The Morgan fingerprint density at radius 1 is 1.20 bits per heavy atom. The second-order valence-electron chi connectivity index (χ2n) is 5.23. The number of nitrogens with one attached hydrogen (secondary N) is 1. The Morgan fingerprint density at radius 3 is 2.60 bits per heavy atom. The van der Waals surface area contributed by atoms with Crippen molar-refractivity contribution in [2.45, 2.75) is 37.8 Å². The summed E-state index contributed by atoms with van der Waals surface area (Å²) in [5, 5.41) is 4.27. The molecule has 1 fully saturated rings. The van der Waals surface area contributed by atoms with E-state index < -0.39 is 0 Å². The van der Waals surface area contributed by atoms with Crippen LogP contribution in [0.4, 0.5) is 0 Å². The Hall–Kier alpha value is -1.10. The van der Waals surface area contributed by atoms with Crippen LogP contribution in [0, 0.1) is 0 Å². The lowest BCUT2D eigenvalue weighted by Gasteiger charge is -2.26. The van der Waals surface area contributed by atoms with E-state index in [1.165, 1.54) is 4.70 Å². The second-order valence-corrected chi connectivity index (χ2v) is 6.32. The van der Waals surface area contributed by atoms with Gasteiger partial charge in [-0.25, -0.2) is 0 Å². The van der Waals surface area contributed by atoms with Crippen LogP contribution in [-0.2, 0) is 0 Å². The van der Waals surface area contributed by atoms with E-state index >= 15 is 0 Å². The third kappa shape index (κ3) is 3.32. The van der Waals surface area contributed by atoms with Gasteiger partial charge in [0.05, 0.1) is 4.88 Å². The van der Waals surface area contributed by atoms with Gasteiger partial charge in [0.2, 0.25) is 0 Å². The minimum atomic E-state index is 0. The van der Waals surface area contributed by atoms with Crippen molar-refractivity contribution in [2.24, 2.45) is 5.73 Å². The van der Waals surface area contributed by atoms with Gasteiger partial charge in [0, 0.05) is 16.8 Å². The number of halogens is 1. The van der Waals surface area contributed by atoms with Crippen molar-refractivity contribution in [1.82, 2.24) is 5.32 Å². The van der Waals surface area contributed by atoms with Gasteiger partial charge in [-0.05, 0) is 43.2 Å². The molecule has 108 valence electrons. The molecule has 3 rings (SSSR count). The number of fused-ring (bicyclic) bond motifs is 1. The smallest absolute Gasteiger partial charge is 0.261 e. The zero-order valence-electron chi connectivity index (χ0n) is 11.2. The molecule has 0 radical (unpaired) electrons. The Balaban J connectivity index is 0.00000147. The van der Waals surface area contributed by atoms with Crippen LogP contribution in [0.25, 0.3) is 10.1 Å². The molecule has 3 nitrogen and oxygen atoms in total. The summed E-state index contributed by atoms with van der Waals surface area (Å²) in [6.45, 7) is 0. The van der Waals surface area contributed by atoms with Crippen molar-refractivity contribution in [3.63, 3.8) is 0 Å². The highest BCUT2D eigenvalue weighted by atomic mass is 35.5. The molecule has 1 heterocycles. The van der Waals surface area contributed by atoms with Crippen molar-refractivity contribution < 1.29 is 4.79 Å². The fourth-order valence-electron chi connectivity index (χ4n) is 2.61. The van der Waals surface area contributed by atoms with E-state index in [2.05, 4.69) is 11.4 Å². The summed E-state index contributed by atoms with van der Waals surface area (Å²) in [6.07, 6.45) is 4.02. The van der Waals surface area contributed by atoms with Crippen molar-refractivity contribution in [3.05, 3.63) is 35.2 Å². The predicted octanol–water partition coefficient (Wildman–Crippen LogP) is 3.32. The molecule has 0 atom stereocenters. The molecule has 1 aromatic carbocycles. The summed E-state index contributed by atoms with van der Waals surface area (Å²) >= 11 is 1.56. The van der Waals surface area contributed by atoms with Gasteiger partial charge < -0.3 is 11.1 Å². The highest BCUT2D eigenvalue weighted by Gasteiger charge is 2.21. The Labute approximate surface area is 129 Å². The molecular formula is C15H19ClN2OS. The second kappa shape index (κ2) is 6.57. The quantitative estimate of drug-likeness (QED) is 0.894. The fraction of sp³-hybridized carbons (Fsp3) is 0.400. The molecule has 1 aromatic heterocycles. The molecule has 3 N–H and O–H groups in total. The SMILES string of the molecule is Cl.NC1CCC(NC(=O)c2cc3ccccc3s2)CC1. The summed E-state index contributed by atoms with van der Waals surface area (Å²) in [5.74, 6) is 0.0571. The number of carbonyl (C=O) groups is 1. The molecular weight excluding hydrogens is 292 g/mol. The minimum absolute atomic E-state index is 0. The highest BCUT2D eigenvalue weighted by Crippen LogP contribution is 2.25. The van der Waals surface area contributed by atoms with Crippen LogP contribution in [0.15, 0.2) is 30.3 Å². The molecule has 0 aliphatic heterocycles. The number of thiophene rings is 1. The number of nitrogens with two attached hydrogens (primary N) is 1. The van der Waals surface area contributed by atoms with Crippen LogP contribution in [0.5, 0.6) is 0 Å². The van der Waals surface area contributed by atoms with Crippen LogP contribution in [0.3, 0.4) is 0 Å². The standard InChI is InChI=1S/C15H18N2OS.ClH/c16-11-5-7-12(8-6-11)17-15(18)14-9-10-3-1-2-4-13(10)19-14;/h1-4,9,11-12H,5-8,16H2,(H,17,18);1H. The van der Waals surface area contributed by atoms with Crippen LogP contribution >= 0.6 is 23.7 Å². The van der Waals surface area contributed by atoms with Gasteiger partial charge in [-0.1, -0.05) is 18.2 Å². The number of amides is 1. The van der Waals surface area contributed by atoms with E-state index in [1.54, 1.807) is 11.3 Å². The first-order valence-electron chi connectivity index (χ1n) is 6.77. The van der Waals surface area contributed by atoms with Gasteiger partial charge in [0.1, 0.15) is 0 Å². The monoisotopic (exact) mass is 310 g/mol. The molecule has 2 aromatic rings. The molecule has 1 amide bonds. The minimum Gasteiger partial charge on any atom is -0.349 e. The van der Waals surface area contributed by atoms with Gasteiger partial charge in [-0.2, -0.15) is 0 Å². The van der Waals surface area contributed by atoms with E-state index in [0.29, 0.717) is 6.04 Å². The molecule has 1 saturated carbocycles. The van der Waals surface area contributed by atoms with Crippen molar-refractivity contribution in [3.8, 4) is 0 Å². The van der Waals surface area contributed by atoms with E-state index in [-0.39, 0.29) is 24.4 Å². The van der Waals surface area contributed by atoms with Crippen molar-refractivity contribution in [2.75, 3.05) is 0 Å². The zero-order chi connectivity index (χ0) is 13.2. The van der Waals surface area contributed by atoms with Gasteiger partial charge in [-0.15, -0.1) is 23.7 Å². The van der Waals surface area contributed by atoms with Crippen LogP contribution in [0.1, 0.15) is 35.4 Å². The van der Waals surface area contributed by atoms with Gasteiger partial charge in [-0.3, -0.25) is 4.79 Å². The molecule has 0 saturated heterocycles. The molecule has 1 aliphatic rings. The van der Waals surface area contributed by atoms with Crippen LogP contribution < -0.4 is 11.1 Å². The summed E-state index contributed by atoms with van der Waals surface area (Å²) in [5.41, 5.74) is 5.88. The topological polar surface area (TPSA) is 55.1 Å². The fourth-order valence-corrected chi connectivity index (χ4v) is 3.58. The maximum absolute atomic E-state index is 12.2. The van der Waals surface area contributed by atoms with E-state index in [4.69, 9.17) is 5.73 Å². The average molecular weight is 311 g/mol. The lowest BCUT2D eigenvalue weighted by atomic mass is 9.92. The maximum Gasteiger partial charge on any atom is 0.261 e. The number of rotatable bonds is 2. The normalized spacial score (nSPS) is 22.2. The molecule has 0 spiro atoms. The van der Waals surface area contributed by atoms with Gasteiger partial charge in [0.25, 0.3) is 5.91 Å². The highest BCUT2D eigenvalue weighted by molar-refractivity contribution is 7.20. The summed E-state index contributed by atoms with van der Waals surface area (Å²) in [4.78, 5) is 13.0. The Morgan fingerprint density at radius 2 is 1.90 bits per heavy atom. The van der Waals surface area contributed by atoms with E-state index in [0.717, 1.165) is 35.9 Å². The van der Waals surface area contributed by atoms with Crippen LogP contribution in [-0.4, -0.2) is 18.0 Å². The van der Waals surface area contributed by atoms with Gasteiger partial charge in [0.15, 0.2) is 0 Å². The van der Waals surface area contributed by atoms with E-state index in [9.17, 15) is 4.79 Å². The third-order valence-electron chi connectivity index (χ3n) is 3.76. The largest absolute Gasteiger partial charge is 0.349 e. The predicted molar refractivity (Wildman–Crippen MR) is 86.8 cm³/mol. The first kappa shape index (κ1) is 15.3. The first-order valence-corrected chi connectivity index (χ1v) is 7.59. The maximum atomic E-state index is 12.2. The number of benzene rings is 1. The van der Waals surface area contributed by atoms with Gasteiger partial charge >= 0.3 is 0 Å². The third-order valence-corrected chi connectivity index (χ3v) is 4.87. The number of hydrogen-bond donors (Lipinski definition) is 2. The molecule has 0 bridgehead atoms. The number of hydrogen-bond acceptors (Lipinski definition) is 3.